The first-order valence-electron chi connectivity index (χ1n) is 15.2. The van der Waals surface area contributed by atoms with E-state index in [1.54, 1.807) is 14.2 Å². The normalized spacial score (nSPS) is 12.4. The summed E-state index contributed by atoms with van der Waals surface area (Å²) in [4.78, 5) is 2.37. The second-order valence-corrected chi connectivity index (χ2v) is 11.7. The summed E-state index contributed by atoms with van der Waals surface area (Å²) in [6.45, 7) is 6.29. The molecule has 0 saturated carbocycles. The molecule has 2 heterocycles. The van der Waals surface area contributed by atoms with Crippen molar-refractivity contribution in [1.82, 2.24) is 0 Å². The smallest absolute Gasteiger partial charge is 0.285 e. The first-order chi connectivity index (χ1) is 21.4. The molecule has 0 radical (unpaired) electrons. The summed E-state index contributed by atoms with van der Waals surface area (Å²) in [6, 6.07) is 39.3. The van der Waals surface area contributed by atoms with Crippen molar-refractivity contribution in [1.29, 1.82) is 0 Å². The number of methoxy groups -OCH3 is 2. The third kappa shape index (κ3) is 4.77. The molecule has 4 nitrogen and oxygen atoms in total. The molecule has 0 unspecified atom stereocenters. The standard InChI is InChI=1S/C40H37N2O2/c1-26-18-32-24-37(42-17-16-41(3)40(42)36(32)19-27(26)2)34-23-35(39(44-5)38(25-34)43-4)33-21-30(28-12-8-6-9-13-28)20-31(22-33)29-14-10-7-11-15-29/h6-15,18-25H,16-17H2,1-5H3/q+1. The number of fused-ring (bicyclic) bond motifs is 3. The van der Waals surface area contributed by atoms with Crippen LogP contribution in [0.5, 0.6) is 11.5 Å². The summed E-state index contributed by atoms with van der Waals surface area (Å²) in [6.07, 6.45) is 0. The van der Waals surface area contributed by atoms with Gasteiger partial charge in [-0.25, -0.2) is 4.57 Å². The predicted molar refractivity (Wildman–Crippen MR) is 182 cm³/mol. The van der Waals surface area contributed by atoms with E-state index in [4.69, 9.17) is 9.47 Å². The molecule has 6 aromatic rings. The largest absolute Gasteiger partial charge is 0.493 e. The van der Waals surface area contributed by atoms with E-state index in [9.17, 15) is 0 Å². The van der Waals surface area contributed by atoms with Crippen molar-refractivity contribution in [2.75, 3.05) is 32.7 Å². The number of aryl methyl sites for hydroxylation is 2. The first kappa shape index (κ1) is 27.7. The Labute approximate surface area is 259 Å². The summed E-state index contributed by atoms with van der Waals surface area (Å²) in [5.41, 5.74) is 11.6. The molecule has 0 saturated heterocycles. The maximum atomic E-state index is 6.07. The number of rotatable bonds is 6. The van der Waals surface area contributed by atoms with E-state index in [1.165, 1.54) is 44.5 Å². The van der Waals surface area contributed by atoms with E-state index in [0.29, 0.717) is 5.75 Å². The van der Waals surface area contributed by atoms with Gasteiger partial charge in [-0.05, 0) is 101 Å². The Morgan fingerprint density at radius 2 is 1.23 bits per heavy atom. The highest BCUT2D eigenvalue weighted by Gasteiger charge is 2.31. The molecule has 44 heavy (non-hydrogen) atoms. The highest BCUT2D eigenvalue weighted by Crippen LogP contribution is 2.44. The maximum Gasteiger partial charge on any atom is 0.285 e. The van der Waals surface area contributed by atoms with Crippen LogP contribution in [0.4, 0.5) is 5.82 Å². The van der Waals surface area contributed by atoms with Gasteiger partial charge in [0.2, 0.25) is 0 Å². The van der Waals surface area contributed by atoms with Crippen LogP contribution in [0.3, 0.4) is 0 Å². The second kappa shape index (κ2) is 11.2. The lowest BCUT2D eigenvalue weighted by atomic mass is 9.91. The molecule has 0 amide bonds. The molecule has 5 aromatic carbocycles. The molecule has 0 spiro atoms. The minimum atomic E-state index is 0.715. The van der Waals surface area contributed by atoms with Gasteiger partial charge in [-0.2, -0.15) is 0 Å². The molecule has 218 valence electrons. The van der Waals surface area contributed by atoms with Crippen LogP contribution in [0, 0.1) is 13.8 Å². The zero-order valence-corrected chi connectivity index (χ0v) is 26.0. The van der Waals surface area contributed by atoms with Crippen LogP contribution >= 0.6 is 0 Å². The molecule has 0 N–H and O–H groups in total. The van der Waals surface area contributed by atoms with Gasteiger partial charge in [0.1, 0.15) is 18.8 Å². The first-order valence-corrected chi connectivity index (χ1v) is 15.2. The third-order valence-corrected chi connectivity index (χ3v) is 9.00. The van der Waals surface area contributed by atoms with Crippen LogP contribution < -0.4 is 18.9 Å². The topological polar surface area (TPSA) is 25.6 Å². The minimum absolute atomic E-state index is 0.715. The Kier molecular flexibility index (Phi) is 7.06. The number of aromatic nitrogens is 1. The summed E-state index contributed by atoms with van der Waals surface area (Å²) in [5, 5.41) is 2.54. The number of pyridine rings is 1. The molecule has 0 bridgehead atoms. The lowest BCUT2D eigenvalue weighted by molar-refractivity contribution is -0.658. The Bertz CT molecular complexity index is 1960. The zero-order chi connectivity index (χ0) is 30.4. The fraction of sp³-hybridized carbons (Fsp3) is 0.175. The molecular weight excluding hydrogens is 540 g/mol. The van der Waals surface area contributed by atoms with E-state index in [-0.39, 0.29) is 0 Å². The fourth-order valence-corrected chi connectivity index (χ4v) is 6.57. The van der Waals surface area contributed by atoms with Crippen molar-refractivity contribution in [2.45, 2.75) is 20.4 Å². The van der Waals surface area contributed by atoms with Crippen LogP contribution in [-0.4, -0.2) is 27.8 Å². The molecule has 7 rings (SSSR count). The predicted octanol–water partition coefficient (Wildman–Crippen LogP) is 8.88. The summed E-state index contributed by atoms with van der Waals surface area (Å²) in [5.74, 6) is 2.70. The van der Waals surface area contributed by atoms with Gasteiger partial charge in [0.15, 0.2) is 11.5 Å². The van der Waals surface area contributed by atoms with Gasteiger partial charge in [-0.1, -0.05) is 66.7 Å². The van der Waals surface area contributed by atoms with Crippen molar-refractivity contribution in [2.24, 2.45) is 0 Å². The van der Waals surface area contributed by atoms with Crippen molar-refractivity contribution in [3.63, 3.8) is 0 Å². The van der Waals surface area contributed by atoms with Gasteiger partial charge in [0.25, 0.3) is 5.82 Å². The number of benzene rings is 5. The Morgan fingerprint density at radius 3 is 1.84 bits per heavy atom. The van der Waals surface area contributed by atoms with Crippen LogP contribution in [-0.2, 0) is 6.54 Å². The van der Waals surface area contributed by atoms with Crippen LogP contribution in [0.15, 0.2) is 109 Å². The van der Waals surface area contributed by atoms with Crippen molar-refractivity contribution in [3.8, 4) is 56.1 Å². The summed E-state index contributed by atoms with van der Waals surface area (Å²) >= 11 is 0. The summed E-state index contributed by atoms with van der Waals surface area (Å²) in [7, 11) is 5.64. The van der Waals surface area contributed by atoms with Crippen molar-refractivity contribution in [3.05, 3.63) is 120 Å². The minimum Gasteiger partial charge on any atom is -0.493 e. The lowest BCUT2D eigenvalue weighted by Gasteiger charge is -2.18. The molecule has 1 aliphatic heterocycles. The van der Waals surface area contributed by atoms with Gasteiger partial charge in [-0.15, -0.1) is 0 Å². The van der Waals surface area contributed by atoms with E-state index < -0.39 is 0 Å². The maximum absolute atomic E-state index is 6.07. The monoisotopic (exact) mass is 577 g/mol. The Balaban J connectivity index is 1.50. The van der Waals surface area contributed by atoms with Crippen LogP contribution in [0.25, 0.3) is 55.4 Å². The highest BCUT2D eigenvalue weighted by atomic mass is 16.5. The number of likely N-dealkylation sites (N-methyl/N-ethyl adjacent to an activating group) is 1. The molecule has 0 aliphatic carbocycles. The number of hydrogen-bond donors (Lipinski definition) is 0. The number of anilines is 1. The summed E-state index contributed by atoms with van der Waals surface area (Å²) < 4.78 is 14.5. The molecule has 0 fully saturated rings. The average molecular weight is 578 g/mol. The van der Waals surface area contributed by atoms with Gasteiger partial charge >= 0.3 is 0 Å². The molecule has 4 heteroatoms. The quantitative estimate of drug-likeness (QED) is 0.185. The lowest BCUT2D eigenvalue weighted by Crippen LogP contribution is -2.34. The Hall–Kier alpha value is -5.09. The third-order valence-electron chi connectivity index (χ3n) is 9.00. The molecule has 0 atom stereocenters. The average Bonchev–Trinajstić information content (AvgIpc) is 3.46. The zero-order valence-electron chi connectivity index (χ0n) is 26.0. The van der Waals surface area contributed by atoms with Gasteiger partial charge in [0.05, 0.1) is 26.7 Å². The second-order valence-electron chi connectivity index (χ2n) is 11.7. The number of nitrogens with zero attached hydrogens (tertiary/aromatic N) is 2. The number of hydrogen-bond acceptors (Lipinski definition) is 3. The molecular formula is C40H37N2O2+. The van der Waals surface area contributed by atoms with Gasteiger partial charge in [0, 0.05) is 11.1 Å². The van der Waals surface area contributed by atoms with E-state index in [2.05, 4.69) is 140 Å². The molecule has 1 aliphatic rings. The van der Waals surface area contributed by atoms with Crippen molar-refractivity contribution >= 4 is 16.6 Å². The SMILES string of the molecule is COc1cc(-c2cc3cc(C)c(C)cc3c3[n+]2CCN3C)cc(-c2cc(-c3ccccc3)cc(-c3ccccc3)c2)c1OC. The number of ether oxygens (including phenoxy) is 2. The van der Waals surface area contributed by atoms with E-state index in [1.807, 2.05) is 0 Å². The van der Waals surface area contributed by atoms with Crippen molar-refractivity contribution < 1.29 is 14.0 Å². The van der Waals surface area contributed by atoms with Gasteiger partial charge < -0.3 is 9.47 Å². The Morgan fingerprint density at radius 1 is 0.614 bits per heavy atom. The molecule has 1 aromatic heterocycles. The van der Waals surface area contributed by atoms with Crippen LogP contribution in [0.1, 0.15) is 11.1 Å². The van der Waals surface area contributed by atoms with E-state index in [0.717, 1.165) is 46.7 Å². The van der Waals surface area contributed by atoms with Gasteiger partial charge in [-0.3, -0.25) is 4.90 Å². The fourth-order valence-electron chi connectivity index (χ4n) is 6.57. The highest BCUT2D eigenvalue weighted by molar-refractivity contribution is 5.95. The van der Waals surface area contributed by atoms with E-state index >= 15 is 0 Å². The van der Waals surface area contributed by atoms with Crippen LogP contribution in [0.2, 0.25) is 0 Å².